The lowest BCUT2D eigenvalue weighted by Gasteiger charge is -2.19. The van der Waals surface area contributed by atoms with Gasteiger partial charge in [0.2, 0.25) is 0 Å². The van der Waals surface area contributed by atoms with E-state index in [-0.39, 0.29) is 16.8 Å². The largest absolute Gasteiger partial charge is 0.494 e. The highest BCUT2D eigenvalue weighted by Crippen LogP contribution is 2.45. The molecule has 5 rings (SSSR count). The number of aryl methyl sites for hydroxylation is 1. The van der Waals surface area contributed by atoms with Crippen LogP contribution in [0.1, 0.15) is 66.4 Å². The number of fused-ring (bicyclic) bond motifs is 2. The van der Waals surface area contributed by atoms with Gasteiger partial charge in [0.25, 0.3) is 0 Å². The summed E-state index contributed by atoms with van der Waals surface area (Å²) in [6.45, 7) is 3.74. The second-order valence-electron chi connectivity index (χ2n) is 8.69. The number of thiophene rings is 1. The van der Waals surface area contributed by atoms with Gasteiger partial charge in [-0.1, -0.05) is 13.3 Å². The predicted octanol–water partition coefficient (Wildman–Crippen LogP) is 5.79. The van der Waals surface area contributed by atoms with Gasteiger partial charge in [-0.05, 0) is 68.7 Å². The van der Waals surface area contributed by atoms with Crippen LogP contribution < -0.4 is 10.2 Å². The number of Topliss-reactive ketones (excluding diaryl/α,β-unsaturated/α-hetero) is 1. The number of ketones is 1. The summed E-state index contributed by atoms with van der Waals surface area (Å²) in [6.07, 6.45) is 8.70. The average molecular weight is 422 g/mol. The van der Waals surface area contributed by atoms with Gasteiger partial charge in [0.05, 0.1) is 23.6 Å². The van der Waals surface area contributed by atoms with Gasteiger partial charge in [0, 0.05) is 27.6 Å². The number of carbonyl (C=O) groups is 1. The molecule has 0 N–H and O–H groups in total. The zero-order valence-electron chi connectivity index (χ0n) is 17.8. The molecule has 0 radical (unpaired) electrons. The molecule has 4 nitrogen and oxygen atoms in total. The summed E-state index contributed by atoms with van der Waals surface area (Å²) in [5, 5.41) is 0.572. The highest BCUT2D eigenvalue weighted by Gasteiger charge is 2.29. The van der Waals surface area contributed by atoms with Gasteiger partial charge < -0.3 is 9.30 Å². The van der Waals surface area contributed by atoms with E-state index in [1.165, 1.54) is 35.1 Å². The van der Waals surface area contributed by atoms with E-state index in [0.717, 1.165) is 48.4 Å². The number of rotatable bonds is 5. The SMILES string of the molecule is CCC1CCc2sc(-c3ccc4c(=O)c(C(C)=O)cn(C5CC5)c4c3OC)cc2C1. The number of benzene rings is 1. The van der Waals surface area contributed by atoms with E-state index in [1.807, 2.05) is 23.5 Å². The van der Waals surface area contributed by atoms with Crippen LogP contribution in [0.15, 0.2) is 29.2 Å². The van der Waals surface area contributed by atoms with Crippen molar-refractivity contribution in [1.82, 2.24) is 4.57 Å². The van der Waals surface area contributed by atoms with Crippen LogP contribution >= 0.6 is 11.3 Å². The van der Waals surface area contributed by atoms with Crippen molar-refractivity contribution in [2.75, 3.05) is 7.11 Å². The molecule has 30 heavy (non-hydrogen) atoms. The van der Waals surface area contributed by atoms with Gasteiger partial charge in [0.1, 0.15) is 0 Å². The van der Waals surface area contributed by atoms with E-state index >= 15 is 0 Å². The highest BCUT2D eigenvalue weighted by atomic mass is 32.1. The maximum Gasteiger partial charge on any atom is 0.200 e. The number of hydrogen-bond donors (Lipinski definition) is 0. The lowest BCUT2D eigenvalue weighted by atomic mass is 9.86. The van der Waals surface area contributed by atoms with Crippen LogP contribution in [0.5, 0.6) is 5.75 Å². The van der Waals surface area contributed by atoms with Gasteiger partial charge in [-0.15, -0.1) is 11.3 Å². The molecule has 1 atom stereocenters. The fourth-order valence-corrected chi connectivity index (χ4v) is 6.02. The Balaban J connectivity index is 1.73. The molecule has 156 valence electrons. The predicted molar refractivity (Wildman–Crippen MR) is 122 cm³/mol. The molecule has 5 heteroatoms. The van der Waals surface area contributed by atoms with Crippen molar-refractivity contribution in [3.05, 3.63) is 50.6 Å². The summed E-state index contributed by atoms with van der Waals surface area (Å²) < 4.78 is 8.03. The third kappa shape index (κ3) is 3.11. The molecule has 2 aromatic heterocycles. The van der Waals surface area contributed by atoms with E-state index in [4.69, 9.17) is 4.74 Å². The second kappa shape index (κ2) is 7.38. The van der Waals surface area contributed by atoms with Crippen LogP contribution in [-0.2, 0) is 12.8 Å². The molecular weight excluding hydrogens is 394 g/mol. The Labute approximate surface area is 180 Å². The van der Waals surface area contributed by atoms with E-state index in [9.17, 15) is 9.59 Å². The second-order valence-corrected chi connectivity index (χ2v) is 9.82. The molecule has 2 aliphatic carbocycles. The number of aromatic nitrogens is 1. The summed E-state index contributed by atoms with van der Waals surface area (Å²) in [5.41, 5.74) is 3.41. The molecule has 0 saturated heterocycles. The Morgan fingerprint density at radius 2 is 2.07 bits per heavy atom. The molecule has 0 bridgehead atoms. The van der Waals surface area contributed by atoms with Crippen LogP contribution in [0, 0.1) is 5.92 Å². The molecule has 2 aliphatic rings. The molecular formula is C25H27NO3S. The minimum Gasteiger partial charge on any atom is -0.494 e. The summed E-state index contributed by atoms with van der Waals surface area (Å²) >= 11 is 1.86. The van der Waals surface area contributed by atoms with Gasteiger partial charge >= 0.3 is 0 Å². The first-order valence-corrected chi connectivity index (χ1v) is 11.7. The number of pyridine rings is 1. The van der Waals surface area contributed by atoms with E-state index in [1.54, 1.807) is 13.3 Å². The smallest absolute Gasteiger partial charge is 0.200 e. The number of nitrogens with zero attached hydrogens (tertiary/aromatic N) is 1. The van der Waals surface area contributed by atoms with Crippen molar-refractivity contribution in [1.29, 1.82) is 0 Å². The van der Waals surface area contributed by atoms with Gasteiger partial charge in [0.15, 0.2) is 17.0 Å². The Morgan fingerprint density at radius 1 is 1.27 bits per heavy atom. The maximum absolute atomic E-state index is 13.0. The van der Waals surface area contributed by atoms with Crippen LogP contribution in [0.25, 0.3) is 21.3 Å². The zero-order valence-corrected chi connectivity index (χ0v) is 18.6. The van der Waals surface area contributed by atoms with Crippen molar-refractivity contribution in [2.45, 2.75) is 58.4 Å². The Morgan fingerprint density at radius 3 is 2.73 bits per heavy atom. The van der Waals surface area contributed by atoms with Crippen LogP contribution in [0.4, 0.5) is 0 Å². The van der Waals surface area contributed by atoms with E-state index < -0.39 is 0 Å². The van der Waals surface area contributed by atoms with E-state index in [0.29, 0.717) is 11.4 Å². The molecule has 1 aromatic carbocycles. The third-order valence-electron chi connectivity index (χ3n) is 6.70. The molecule has 3 aromatic rings. The third-order valence-corrected chi connectivity index (χ3v) is 7.97. The molecule has 0 amide bonds. The van der Waals surface area contributed by atoms with Crippen molar-refractivity contribution in [3.63, 3.8) is 0 Å². The van der Waals surface area contributed by atoms with Crippen molar-refractivity contribution >= 4 is 28.0 Å². The summed E-state index contributed by atoms with van der Waals surface area (Å²) in [7, 11) is 1.68. The topological polar surface area (TPSA) is 48.3 Å². The highest BCUT2D eigenvalue weighted by molar-refractivity contribution is 7.15. The summed E-state index contributed by atoms with van der Waals surface area (Å²) in [4.78, 5) is 27.8. The molecule has 1 unspecified atom stereocenters. The van der Waals surface area contributed by atoms with E-state index in [2.05, 4.69) is 17.6 Å². The summed E-state index contributed by atoms with van der Waals surface area (Å²) in [6, 6.07) is 6.54. The van der Waals surface area contributed by atoms with Crippen LogP contribution in [0.3, 0.4) is 0 Å². The Bertz CT molecular complexity index is 1220. The average Bonchev–Trinajstić information content (AvgIpc) is 3.50. The maximum atomic E-state index is 13.0. The van der Waals surface area contributed by atoms with Crippen molar-refractivity contribution < 1.29 is 9.53 Å². The number of methoxy groups -OCH3 is 1. The molecule has 1 saturated carbocycles. The van der Waals surface area contributed by atoms with Crippen molar-refractivity contribution in [2.24, 2.45) is 5.92 Å². The number of ether oxygens (including phenoxy) is 1. The summed E-state index contributed by atoms with van der Waals surface area (Å²) in [5.74, 6) is 1.34. The lowest BCUT2D eigenvalue weighted by Crippen LogP contribution is -2.18. The minimum absolute atomic E-state index is 0.184. The Kier molecular flexibility index (Phi) is 4.81. The fraction of sp³-hybridized carbons (Fsp3) is 0.440. The Hall–Kier alpha value is -2.40. The molecule has 0 spiro atoms. The normalized spacial score (nSPS) is 18.4. The first-order chi connectivity index (χ1) is 14.5. The van der Waals surface area contributed by atoms with Crippen molar-refractivity contribution in [3.8, 4) is 16.2 Å². The molecule has 2 heterocycles. The lowest BCUT2D eigenvalue weighted by molar-refractivity contribution is 0.101. The standard InChI is InChI=1S/C25H27NO3S/c1-4-15-5-10-21-16(11-15)12-22(30-21)18-8-9-19-23(25(18)29-3)26(17-6-7-17)13-20(14(2)27)24(19)28/h8-9,12-13,15,17H,4-7,10-11H2,1-3H3. The van der Waals surface area contributed by atoms with Crippen LogP contribution in [0.2, 0.25) is 0 Å². The molecule has 0 aliphatic heterocycles. The first kappa shape index (κ1) is 19.6. The number of hydrogen-bond acceptors (Lipinski definition) is 4. The zero-order chi connectivity index (χ0) is 21.0. The number of carbonyl (C=O) groups excluding carboxylic acids is 1. The molecule has 1 fully saturated rings. The monoisotopic (exact) mass is 421 g/mol. The van der Waals surface area contributed by atoms with Gasteiger partial charge in [-0.2, -0.15) is 0 Å². The van der Waals surface area contributed by atoms with Gasteiger partial charge in [-0.3, -0.25) is 9.59 Å². The van der Waals surface area contributed by atoms with Gasteiger partial charge in [-0.25, -0.2) is 0 Å². The van der Waals surface area contributed by atoms with Crippen LogP contribution in [-0.4, -0.2) is 17.5 Å². The fourth-order valence-electron chi connectivity index (χ4n) is 4.79. The quantitative estimate of drug-likeness (QED) is 0.490. The minimum atomic E-state index is -0.199. The first-order valence-electron chi connectivity index (χ1n) is 10.9.